The fourth-order valence-electron chi connectivity index (χ4n) is 1.20. The monoisotopic (exact) mass is 261 g/mol. The molecule has 1 aromatic rings. The van der Waals surface area contributed by atoms with E-state index in [1.165, 1.54) is 7.11 Å². The molecule has 9 heteroatoms. The Hall–Kier alpha value is -2.00. The average molecular weight is 261 g/mol. The van der Waals surface area contributed by atoms with Gasteiger partial charge in [0, 0.05) is 6.07 Å². The Morgan fingerprint density at radius 2 is 2.06 bits per heavy atom. The maximum Gasteiger partial charge on any atom is 0.316 e. The number of carbonyl (C=O) groups excluding carboxylic acids is 1. The summed E-state index contributed by atoms with van der Waals surface area (Å²) in [6.45, 7) is 0. The van der Waals surface area contributed by atoms with E-state index in [9.17, 15) is 13.2 Å². The fourth-order valence-corrected chi connectivity index (χ4v) is 1.82. The molecule has 94 valence electrons. The Morgan fingerprint density at radius 1 is 1.47 bits per heavy atom. The van der Waals surface area contributed by atoms with Crippen LogP contribution in [-0.2, 0) is 10.1 Å². The molecule has 0 saturated carbocycles. The van der Waals surface area contributed by atoms with E-state index in [1.54, 1.807) is 0 Å². The van der Waals surface area contributed by atoms with Gasteiger partial charge in [0.05, 0.1) is 18.5 Å². The largest absolute Gasteiger partial charge is 0.494 e. The smallest absolute Gasteiger partial charge is 0.316 e. The zero-order valence-corrected chi connectivity index (χ0v) is 9.61. The van der Waals surface area contributed by atoms with Gasteiger partial charge in [0.1, 0.15) is 10.6 Å². The van der Waals surface area contributed by atoms with Crippen LogP contribution in [0.15, 0.2) is 17.0 Å². The molecule has 0 unspecified atom stereocenters. The molecule has 0 spiro atoms. The van der Waals surface area contributed by atoms with E-state index < -0.39 is 21.0 Å². The van der Waals surface area contributed by atoms with Crippen LogP contribution in [0.1, 0.15) is 0 Å². The van der Waals surface area contributed by atoms with Gasteiger partial charge in [0.2, 0.25) is 0 Å². The van der Waals surface area contributed by atoms with Gasteiger partial charge in [-0.25, -0.2) is 4.79 Å². The number of hydrogen-bond acceptors (Lipinski definition) is 5. The van der Waals surface area contributed by atoms with Crippen LogP contribution in [0, 0.1) is 0 Å². The highest BCUT2D eigenvalue weighted by Crippen LogP contribution is 2.32. The SMILES string of the molecule is COc1cc(N)c(S(=O)(=O)O)cc1NC(N)=O. The van der Waals surface area contributed by atoms with Gasteiger partial charge in [-0.2, -0.15) is 8.42 Å². The number of nitrogens with one attached hydrogen (secondary N) is 1. The molecule has 0 aliphatic carbocycles. The third-order valence-electron chi connectivity index (χ3n) is 1.87. The van der Waals surface area contributed by atoms with Crippen molar-refractivity contribution in [1.82, 2.24) is 0 Å². The number of hydrogen-bond donors (Lipinski definition) is 4. The van der Waals surface area contributed by atoms with Crippen LogP contribution < -0.4 is 21.5 Å². The Labute approximate surface area is 97.3 Å². The maximum absolute atomic E-state index is 11.0. The zero-order chi connectivity index (χ0) is 13.2. The van der Waals surface area contributed by atoms with Crippen LogP contribution in [0.3, 0.4) is 0 Å². The molecule has 0 heterocycles. The number of urea groups is 1. The van der Waals surface area contributed by atoms with Crippen molar-refractivity contribution in [3.63, 3.8) is 0 Å². The van der Waals surface area contributed by atoms with Gasteiger partial charge in [0.25, 0.3) is 10.1 Å². The zero-order valence-electron chi connectivity index (χ0n) is 8.80. The van der Waals surface area contributed by atoms with E-state index in [0.717, 1.165) is 12.1 Å². The highest BCUT2D eigenvalue weighted by atomic mass is 32.2. The van der Waals surface area contributed by atoms with E-state index in [2.05, 4.69) is 5.32 Å². The quantitative estimate of drug-likeness (QED) is 0.445. The lowest BCUT2D eigenvalue weighted by atomic mass is 10.2. The maximum atomic E-state index is 11.0. The molecule has 0 aliphatic heterocycles. The number of nitrogens with two attached hydrogens (primary N) is 2. The summed E-state index contributed by atoms with van der Waals surface area (Å²) in [6.07, 6.45) is 0. The standard InChI is InChI=1S/C8H11N3O5S/c1-16-6-2-4(9)7(17(13,14)15)3-5(6)11-8(10)12/h2-3H,9H2,1H3,(H3,10,11,12)(H,13,14,15). The molecule has 1 aromatic carbocycles. The first-order valence-corrected chi connectivity index (χ1v) is 5.71. The highest BCUT2D eigenvalue weighted by Gasteiger charge is 2.18. The molecular formula is C8H11N3O5S. The molecule has 0 radical (unpaired) electrons. The van der Waals surface area contributed by atoms with Crippen LogP contribution in [0.2, 0.25) is 0 Å². The number of primary amides is 1. The minimum Gasteiger partial charge on any atom is -0.494 e. The third kappa shape index (κ3) is 2.98. The van der Waals surface area contributed by atoms with Crippen molar-refractivity contribution in [1.29, 1.82) is 0 Å². The first kappa shape index (κ1) is 13.1. The summed E-state index contributed by atoms with van der Waals surface area (Å²) in [6, 6.07) is 1.19. The van der Waals surface area contributed by atoms with Gasteiger partial charge in [-0.15, -0.1) is 0 Å². The topological polar surface area (TPSA) is 145 Å². The Kier molecular flexibility index (Phi) is 3.44. The van der Waals surface area contributed by atoms with E-state index in [4.69, 9.17) is 20.8 Å². The molecule has 2 amide bonds. The van der Waals surface area contributed by atoms with E-state index in [1.807, 2.05) is 0 Å². The summed E-state index contributed by atoms with van der Waals surface area (Å²) in [7, 11) is -3.19. The Balaban J connectivity index is 3.43. The molecule has 0 aliphatic rings. The second-order valence-corrected chi connectivity index (χ2v) is 4.44. The van der Waals surface area contributed by atoms with Gasteiger partial charge in [0.15, 0.2) is 0 Å². The highest BCUT2D eigenvalue weighted by molar-refractivity contribution is 7.86. The predicted octanol–water partition coefficient (Wildman–Crippen LogP) is 0.0147. The number of carbonyl (C=O) groups is 1. The molecule has 0 aromatic heterocycles. The summed E-state index contributed by atoms with van der Waals surface area (Å²) in [5, 5.41) is 2.15. The fraction of sp³-hybridized carbons (Fsp3) is 0.125. The van der Waals surface area contributed by atoms with Crippen molar-refractivity contribution in [3.05, 3.63) is 12.1 Å². The number of rotatable bonds is 3. The number of ether oxygens (including phenoxy) is 1. The van der Waals surface area contributed by atoms with Crippen molar-refractivity contribution in [2.45, 2.75) is 4.90 Å². The van der Waals surface area contributed by atoms with Crippen molar-refractivity contribution in [2.75, 3.05) is 18.2 Å². The lowest BCUT2D eigenvalue weighted by Crippen LogP contribution is -2.20. The first-order chi connectivity index (χ1) is 7.75. The number of methoxy groups -OCH3 is 1. The molecule has 1 rings (SSSR count). The molecule has 8 nitrogen and oxygen atoms in total. The molecular weight excluding hydrogens is 250 g/mol. The summed E-state index contributed by atoms with van der Waals surface area (Å²) in [5.74, 6) is 0.119. The number of anilines is 2. The molecule has 0 atom stereocenters. The Bertz CT molecular complexity index is 555. The number of amides is 2. The summed E-state index contributed by atoms with van der Waals surface area (Å²) < 4.78 is 35.7. The molecule has 0 bridgehead atoms. The Morgan fingerprint density at radius 3 is 2.47 bits per heavy atom. The van der Waals surface area contributed by atoms with Crippen LogP contribution in [0.5, 0.6) is 5.75 Å². The van der Waals surface area contributed by atoms with E-state index in [-0.39, 0.29) is 17.1 Å². The van der Waals surface area contributed by atoms with Gasteiger partial charge >= 0.3 is 6.03 Å². The van der Waals surface area contributed by atoms with Crippen LogP contribution in [0.25, 0.3) is 0 Å². The summed E-state index contributed by atoms with van der Waals surface area (Å²) in [4.78, 5) is 10.2. The second kappa shape index (κ2) is 4.47. The number of nitrogen functional groups attached to an aromatic ring is 1. The summed E-state index contributed by atoms with van der Waals surface area (Å²) in [5.41, 5.74) is 10.1. The van der Waals surface area contributed by atoms with Gasteiger partial charge in [-0.1, -0.05) is 0 Å². The molecule has 0 fully saturated rings. The van der Waals surface area contributed by atoms with Crippen molar-refractivity contribution in [2.24, 2.45) is 5.73 Å². The van der Waals surface area contributed by atoms with Gasteiger partial charge in [-0.3, -0.25) is 4.55 Å². The predicted molar refractivity (Wildman–Crippen MR) is 60.4 cm³/mol. The van der Waals surface area contributed by atoms with Crippen molar-refractivity contribution in [3.8, 4) is 5.75 Å². The minimum atomic E-state index is -4.49. The van der Waals surface area contributed by atoms with Crippen molar-refractivity contribution < 1.29 is 22.5 Å². The van der Waals surface area contributed by atoms with E-state index >= 15 is 0 Å². The average Bonchev–Trinajstić information content (AvgIpc) is 2.17. The van der Waals surface area contributed by atoms with Crippen LogP contribution in [0.4, 0.5) is 16.2 Å². The second-order valence-electron chi connectivity index (χ2n) is 3.05. The van der Waals surface area contributed by atoms with Gasteiger partial charge in [-0.05, 0) is 6.07 Å². The molecule has 0 saturated heterocycles. The number of benzene rings is 1. The minimum absolute atomic E-state index is 0.0122. The van der Waals surface area contributed by atoms with Crippen molar-refractivity contribution >= 4 is 27.5 Å². The van der Waals surface area contributed by atoms with Gasteiger partial charge < -0.3 is 21.5 Å². The molecule has 17 heavy (non-hydrogen) atoms. The van der Waals surface area contributed by atoms with Crippen LogP contribution >= 0.6 is 0 Å². The van der Waals surface area contributed by atoms with E-state index in [0.29, 0.717) is 0 Å². The molecule has 6 N–H and O–H groups in total. The van der Waals surface area contributed by atoms with Crippen LogP contribution in [-0.4, -0.2) is 26.1 Å². The first-order valence-electron chi connectivity index (χ1n) is 4.27. The summed E-state index contributed by atoms with van der Waals surface area (Å²) >= 11 is 0. The lowest BCUT2D eigenvalue weighted by Gasteiger charge is -2.11. The normalized spacial score (nSPS) is 10.9. The third-order valence-corrected chi connectivity index (χ3v) is 2.78. The lowest BCUT2D eigenvalue weighted by molar-refractivity contribution is 0.259.